The molecule has 2 fully saturated rings. The molecule has 2 aliphatic rings. The van der Waals surface area contributed by atoms with Gasteiger partial charge in [0.05, 0.1) is 12.2 Å². The third-order valence-electron chi connectivity index (χ3n) is 6.70. The fourth-order valence-corrected chi connectivity index (χ4v) is 4.94. The minimum atomic E-state index is -0.117. The highest BCUT2D eigenvalue weighted by molar-refractivity contribution is 5.50. The highest BCUT2D eigenvalue weighted by Gasteiger charge is 2.41. The van der Waals surface area contributed by atoms with Gasteiger partial charge in [-0.3, -0.25) is 14.7 Å². The van der Waals surface area contributed by atoms with E-state index >= 15 is 0 Å². The van der Waals surface area contributed by atoms with Crippen molar-refractivity contribution in [3.63, 3.8) is 0 Å². The Morgan fingerprint density at radius 3 is 2.48 bits per heavy atom. The Kier molecular flexibility index (Phi) is 7.20. The van der Waals surface area contributed by atoms with Gasteiger partial charge >= 0.3 is 0 Å². The number of amides is 1. The van der Waals surface area contributed by atoms with Gasteiger partial charge < -0.3 is 14.5 Å². The molecule has 166 valence electrons. The molecular formula is C25H34N4O2. The number of hydrogen-bond donors (Lipinski definition) is 0. The van der Waals surface area contributed by atoms with Crippen molar-refractivity contribution in [2.75, 3.05) is 39.3 Å². The summed E-state index contributed by atoms with van der Waals surface area (Å²) in [6.07, 6.45) is 5.33. The number of benzene rings is 1. The van der Waals surface area contributed by atoms with Gasteiger partial charge in [0, 0.05) is 57.4 Å². The summed E-state index contributed by atoms with van der Waals surface area (Å²) in [5.41, 5.74) is 1.12. The Bertz CT molecular complexity index is 809. The zero-order valence-corrected chi connectivity index (χ0v) is 18.6. The van der Waals surface area contributed by atoms with Crippen LogP contribution in [0.15, 0.2) is 54.9 Å². The van der Waals surface area contributed by atoms with Crippen molar-refractivity contribution in [1.82, 2.24) is 19.7 Å². The van der Waals surface area contributed by atoms with Gasteiger partial charge in [0.2, 0.25) is 6.41 Å². The molecule has 6 nitrogen and oxygen atoms in total. The van der Waals surface area contributed by atoms with Crippen LogP contribution in [-0.4, -0.2) is 77.5 Å². The maximum atomic E-state index is 12.0. The summed E-state index contributed by atoms with van der Waals surface area (Å²) in [4.78, 5) is 23.2. The number of piperazine rings is 1. The summed E-state index contributed by atoms with van der Waals surface area (Å²) >= 11 is 0. The molecule has 0 N–H and O–H groups in total. The van der Waals surface area contributed by atoms with E-state index in [1.165, 1.54) is 0 Å². The maximum absolute atomic E-state index is 12.0. The summed E-state index contributed by atoms with van der Waals surface area (Å²) < 4.78 is 6.57. The zero-order valence-electron chi connectivity index (χ0n) is 18.6. The minimum absolute atomic E-state index is 0.102. The molecule has 3 atom stereocenters. The second-order valence-corrected chi connectivity index (χ2v) is 8.95. The number of aromatic nitrogens is 1. The van der Waals surface area contributed by atoms with Crippen LogP contribution in [0.5, 0.6) is 5.75 Å². The largest absolute Gasteiger partial charge is 0.486 e. The monoisotopic (exact) mass is 422 g/mol. The lowest BCUT2D eigenvalue weighted by Gasteiger charge is -2.46. The fourth-order valence-electron chi connectivity index (χ4n) is 4.94. The number of ether oxygens (including phenoxy) is 1. The first-order chi connectivity index (χ1) is 15.2. The fraction of sp³-hybridized carbons (Fsp3) is 0.520. The van der Waals surface area contributed by atoms with Gasteiger partial charge in [-0.1, -0.05) is 30.3 Å². The SMILES string of the molecule is CC(C)N1CCN(CC2CCN(C=O)C(c3ccccc3)C2Oc2cccnc2)CC1. The van der Waals surface area contributed by atoms with Crippen LogP contribution >= 0.6 is 0 Å². The maximum Gasteiger partial charge on any atom is 0.210 e. The van der Waals surface area contributed by atoms with Crippen LogP contribution < -0.4 is 4.74 Å². The summed E-state index contributed by atoms with van der Waals surface area (Å²) in [7, 11) is 0. The van der Waals surface area contributed by atoms with Gasteiger partial charge in [0.1, 0.15) is 11.9 Å². The molecule has 0 aliphatic carbocycles. The lowest BCUT2D eigenvalue weighted by atomic mass is 9.83. The molecule has 1 aromatic carbocycles. The Labute approximate surface area is 185 Å². The zero-order chi connectivity index (χ0) is 21.6. The molecule has 1 amide bonds. The number of likely N-dealkylation sites (tertiary alicyclic amines) is 1. The van der Waals surface area contributed by atoms with Crippen molar-refractivity contribution >= 4 is 6.41 Å². The highest BCUT2D eigenvalue weighted by Crippen LogP contribution is 2.37. The van der Waals surface area contributed by atoms with Crippen LogP contribution in [0, 0.1) is 5.92 Å². The lowest BCUT2D eigenvalue weighted by molar-refractivity contribution is -0.127. The normalized spacial score (nSPS) is 25.5. The molecule has 2 saturated heterocycles. The second-order valence-electron chi connectivity index (χ2n) is 8.95. The van der Waals surface area contributed by atoms with Gasteiger partial charge in [-0.2, -0.15) is 0 Å². The van der Waals surface area contributed by atoms with Crippen molar-refractivity contribution < 1.29 is 9.53 Å². The molecule has 3 heterocycles. The van der Waals surface area contributed by atoms with Crippen LogP contribution in [0.3, 0.4) is 0 Å². The van der Waals surface area contributed by atoms with E-state index in [0.717, 1.165) is 63.4 Å². The van der Waals surface area contributed by atoms with E-state index in [9.17, 15) is 4.79 Å². The van der Waals surface area contributed by atoms with Crippen LogP contribution in [0.2, 0.25) is 0 Å². The van der Waals surface area contributed by atoms with E-state index in [1.807, 2.05) is 35.2 Å². The molecule has 0 radical (unpaired) electrons. The topological polar surface area (TPSA) is 48.9 Å². The van der Waals surface area contributed by atoms with Crippen LogP contribution in [0.1, 0.15) is 31.9 Å². The van der Waals surface area contributed by atoms with Gasteiger partial charge in [-0.15, -0.1) is 0 Å². The van der Waals surface area contributed by atoms with Crippen molar-refractivity contribution in [2.24, 2.45) is 5.92 Å². The molecule has 1 aromatic heterocycles. The number of rotatable bonds is 7. The molecule has 0 bridgehead atoms. The van der Waals surface area contributed by atoms with Crippen molar-refractivity contribution in [3.05, 3.63) is 60.4 Å². The minimum Gasteiger partial charge on any atom is -0.486 e. The number of pyridine rings is 1. The smallest absolute Gasteiger partial charge is 0.210 e. The Hall–Kier alpha value is -2.44. The first-order valence-corrected chi connectivity index (χ1v) is 11.4. The van der Waals surface area contributed by atoms with Crippen molar-refractivity contribution in [2.45, 2.75) is 38.5 Å². The Balaban J connectivity index is 1.56. The molecular weight excluding hydrogens is 388 g/mol. The van der Waals surface area contributed by atoms with Crippen molar-refractivity contribution in [1.29, 1.82) is 0 Å². The molecule has 0 saturated carbocycles. The Morgan fingerprint density at radius 1 is 1.06 bits per heavy atom. The summed E-state index contributed by atoms with van der Waals surface area (Å²) in [6.45, 7) is 10.7. The van der Waals surface area contributed by atoms with Gasteiger partial charge in [0.25, 0.3) is 0 Å². The standard InChI is InChI=1S/C25H34N4O2/c1-20(2)28-15-13-27(14-16-28)18-22-10-12-29(19-30)24(21-7-4-3-5-8-21)25(22)31-23-9-6-11-26-17-23/h3-9,11,17,19-20,22,24-25H,10,12-16,18H2,1-2H3. The van der Waals surface area contributed by atoms with E-state index in [4.69, 9.17) is 4.74 Å². The molecule has 6 heteroatoms. The third-order valence-corrected chi connectivity index (χ3v) is 6.70. The molecule has 4 rings (SSSR count). The number of carbonyl (C=O) groups excluding carboxylic acids is 1. The Morgan fingerprint density at radius 2 is 1.84 bits per heavy atom. The molecule has 31 heavy (non-hydrogen) atoms. The second kappa shape index (κ2) is 10.2. The van der Waals surface area contributed by atoms with E-state index < -0.39 is 0 Å². The lowest BCUT2D eigenvalue weighted by Crippen LogP contribution is -2.55. The number of hydrogen-bond acceptors (Lipinski definition) is 5. The van der Waals surface area contributed by atoms with E-state index in [0.29, 0.717) is 12.0 Å². The van der Waals surface area contributed by atoms with E-state index in [2.05, 4.69) is 40.8 Å². The third kappa shape index (κ3) is 5.25. The summed E-state index contributed by atoms with van der Waals surface area (Å²) in [5.74, 6) is 1.10. The highest BCUT2D eigenvalue weighted by atomic mass is 16.5. The number of carbonyl (C=O) groups is 1. The van der Waals surface area contributed by atoms with E-state index in [-0.39, 0.29) is 12.1 Å². The first-order valence-electron chi connectivity index (χ1n) is 11.4. The van der Waals surface area contributed by atoms with Crippen molar-refractivity contribution in [3.8, 4) is 5.75 Å². The summed E-state index contributed by atoms with van der Waals surface area (Å²) in [6, 6.07) is 14.6. The quantitative estimate of drug-likeness (QED) is 0.642. The average molecular weight is 423 g/mol. The van der Waals surface area contributed by atoms with Gasteiger partial charge in [0.15, 0.2) is 0 Å². The average Bonchev–Trinajstić information content (AvgIpc) is 2.81. The molecule has 2 aliphatic heterocycles. The summed E-state index contributed by atoms with van der Waals surface area (Å²) in [5, 5.41) is 0. The van der Waals surface area contributed by atoms with Gasteiger partial charge in [-0.05, 0) is 38.0 Å². The van der Waals surface area contributed by atoms with Crippen LogP contribution in [0.4, 0.5) is 0 Å². The van der Waals surface area contributed by atoms with Crippen LogP contribution in [0.25, 0.3) is 0 Å². The predicted octanol–water partition coefficient (Wildman–Crippen LogP) is 3.07. The molecule has 3 unspecified atom stereocenters. The predicted molar refractivity (Wildman–Crippen MR) is 122 cm³/mol. The molecule has 0 spiro atoms. The first kappa shape index (κ1) is 21.8. The van der Waals surface area contributed by atoms with Gasteiger partial charge in [-0.25, -0.2) is 0 Å². The number of nitrogens with zero attached hydrogens (tertiary/aromatic N) is 4. The van der Waals surface area contributed by atoms with Crippen LogP contribution in [-0.2, 0) is 4.79 Å². The molecule has 2 aromatic rings. The number of piperidine rings is 1. The van der Waals surface area contributed by atoms with E-state index in [1.54, 1.807) is 12.4 Å².